The zero-order valence-corrected chi connectivity index (χ0v) is 11.8. The third-order valence-electron chi connectivity index (χ3n) is 3.73. The maximum Gasteiger partial charge on any atom is 0.174 e. The zero-order chi connectivity index (χ0) is 14.5. The average molecular weight is 287 g/mol. The third-order valence-corrected chi connectivity index (χ3v) is 3.73. The van der Waals surface area contributed by atoms with Crippen LogP contribution in [0.5, 0.6) is 0 Å². The Bertz CT molecular complexity index is 340. The smallest absolute Gasteiger partial charge is 0.174 e. The second kappa shape index (κ2) is 7.24. The number of hydrogen-bond acceptors (Lipinski definition) is 7. The number of nitrogens with zero attached hydrogens (tertiary/aromatic N) is 1. The average Bonchev–Trinajstić information content (AvgIpc) is 3.02. The summed E-state index contributed by atoms with van der Waals surface area (Å²) in [6, 6.07) is 0. The Balaban J connectivity index is 1.83. The van der Waals surface area contributed by atoms with Gasteiger partial charge in [-0.1, -0.05) is 26.2 Å². The van der Waals surface area contributed by atoms with Gasteiger partial charge in [0, 0.05) is 11.9 Å². The van der Waals surface area contributed by atoms with Crippen molar-refractivity contribution in [2.75, 3.05) is 6.61 Å². The minimum Gasteiger partial charge on any atom is -0.394 e. The molecule has 0 aromatic carbocycles. The van der Waals surface area contributed by atoms with Crippen molar-refractivity contribution in [2.45, 2.75) is 63.6 Å². The highest BCUT2D eigenvalue weighted by Gasteiger charge is 2.45. The number of aliphatic hydroxyl groups is 3. The Morgan fingerprint density at radius 2 is 2.05 bits per heavy atom. The SMILES string of the molecule is CCCCCCC1=CN([C@@H]2O[C@H](CO)[C@@H](O)[C@@H]2O)NN1. The molecule has 2 heterocycles. The normalized spacial score (nSPS) is 33.4. The molecule has 116 valence electrons. The van der Waals surface area contributed by atoms with Crippen LogP contribution in [0.3, 0.4) is 0 Å². The quantitative estimate of drug-likeness (QED) is 0.405. The van der Waals surface area contributed by atoms with E-state index in [1.165, 1.54) is 19.3 Å². The van der Waals surface area contributed by atoms with E-state index in [4.69, 9.17) is 9.84 Å². The lowest BCUT2D eigenvalue weighted by atomic mass is 10.1. The van der Waals surface area contributed by atoms with Gasteiger partial charge >= 0.3 is 0 Å². The van der Waals surface area contributed by atoms with Crippen LogP contribution in [0.2, 0.25) is 0 Å². The number of hydrogen-bond donors (Lipinski definition) is 5. The first-order chi connectivity index (χ1) is 9.67. The Kier molecular flexibility index (Phi) is 5.62. The van der Waals surface area contributed by atoms with Crippen LogP contribution >= 0.6 is 0 Å². The minimum atomic E-state index is -1.08. The van der Waals surface area contributed by atoms with E-state index < -0.39 is 24.5 Å². The van der Waals surface area contributed by atoms with Crippen molar-refractivity contribution in [1.29, 1.82) is 0 Å². The summed E-state index contributed by atoms with van der Waals surface area (Å²) in [6.07, 6.45) is 3.93. The summed E-state index contributed by atoms with van der Waals surface area (Å²) < 4.78 is 5.44. The molecule has 5 N–H and O–H groups in total. The Morgan fingerprint density at radius 3 is 2.70 bits per heavy atom. The van der Waals surface area contributed by atoms with Gasteiger partial charge in [0.2, 0.25) is 0 Å². The molecule has 7 heteroatoms. The molecule has 0 unspecified atom stereocenters. The van der Waals surface area contributed by atoms with Gasteiger partial charge in [0.1, 0.15) is 18.3 Å². The molecule has 4 atom stereocenters. The van der Waals surface area contributed by atoms with Crippen molar-refractivity contribution >= 4 is 0 Å². The summed E-state index contributed by atoms with van der Waals surface area (Å²) in [7, 11) is 0. The van der Waals surface area contributed by atoms with E-state index >= 15 is 0 Å². The van der Waals surface area contributed by atoms with Crippen molar-refractivity contribution in [2.24, 2.45) is 0 Å². The Morgan fingerprint density at radius 1 is 1.25 bits per heavy atom. The molecule has 0 bridgehead atoms. The molecule has 2 aliphatic rings. The highest BCUT2D eigenvalue weighted by Crippen LogP contribution is 2.25. The van der Waals surface area contributed by atoms with Crippen LogP contribution in [0, 0.1) is 0 Å². The predicted octanol–water partition coefficient (Wildman–Crippen LogP) is -0.438. The summed E-state index contributed by atoms with van der Waals surface area (Å²) in [4.78, 5) is 0. The topological polar surface area (TPSA) is 97.2 Å². The van der Waals surface area contributed by atoms with E-state index in [1.807, 2.05) is 6.20 Å². The monoisotopic (exact) mass is 287 g/mol. The molecular formula is C13H25N3O4. The number of nitrogens with one attached hydrogen (secondary N) is 2. The van der Waals surface area contributed by atoms with Crippen molar-refractivity contribution < 1.29 is 20.1 Å². The van der Waals surface area contributed by atoms with E-state index in [-0.39, 0.29) is 6.61 Å². The third kappa shape index (κ3) is 3.42. The number of rotatable bonds is 7. The van der Waals surface area contributed by atoms with Crippen LogP contribution in [-0.2, 0) is 4.74 Å². The van der Waals surface area contributed by atoms with Crippen LogP contribution in [0.25, 0.3) is 0 Å². The van der Waals surface area contributed by atoms with Crippen LogP contribution in [-0.4, -0.2) is 51.5 Å². The van der Waals surface area contributed by atoms with Gasteiger partial charge in [-0.2, -0.15) is 0 Å². The van der Waals surface area contributed by atoms with Crippen LogP contribution in [0.1, 0.15) is 39.0 Å². The standard InChI is InChI=1S/C13H25N3O4/c1-2-3-4-5-6-9-7-16(15-14-9)13-12(19)11(18)10(8-17)20-13/h7,10-15,17-19H,2-6,8H2,1H3/t10-,11-,12+,13-/m1/s1. The van der Waals surface area contributed by atoms with Gasteiger partial charge in [-0.25, -0.2) is 0 Å². The maximum absolute atomic E-state index is 9.93. The van der Waals surface area contributed by atoms with Crippen LogP contribution < -0.4 is 11.0 Å². The van der Waals surface area contributed by atoms with Gasteiger partial charge in [0.05, 0.1) is 6.61 Å². The summed E-state index contributed by atoms with van der Waals surface area (Å²) in [5.74, 6) is 0. The molecule has 0 aromatic rings. The van der Waals surface area contributed by atoms with E-state index in [0.717, 1.165) is 18.5 Å². The second-order valence-corrected chi connectivity index (χ2v) is 5.34. The molecule has 1 saturated heterocycles. The van der Waals surface area contributed by atoms with E-state index in [1.54, 1.807) is 5.01 Å². The molecule has 2 rings (SSSR count). The van der Waals surface area contributed by atoms with E-state index in [0.29, 0.717) is 0 Å². The number of allylic oxidation sites excluding steroid dienone is 1. The van der Waals surface area contributed by atoms with Gasteiger partial charge in [-0.15, -0.1) is 5.53 Å². The fourth-order valence-electron chi connectivity index (χ4n) is 2.48. The van der Waals surface area contributed by atoms with Crippen molar-refractivity contribution in [1.82, 2.24) is 16.0 Å². The fourth-order valence-corrected chi connectivity index (χ4v) is 2.48. The molecule has 0 amide bonds. The van der Waals surface area contributed by atoms with Crippen molar-refractivity contribution in [3.63, 3.8) is 0 Å². The van der Waals surface area contributed by atoms with Crippen molar-refractivity contribution in [3.05, 3.63) is 11.9 Å². The summed E-state index contributed by atoms with van der Waals surface area (Å²) in [5, 5.41) is 30.3. The molecule has 1 fully saturated rings. The summed E-state index contributed by atoms with van der Waals surface area (Å²) in [5.41, 5.74) is 6.96. The fraction of sp³-hybridized carbons (Fsp3) is 0.846. The van der Waals surface area contributed by atoms with Crippen LogP contribution in [0.15, 0.2) is 11.9 Å². The highest BCUT2D eigenvalue weighted by molar-refractivity contribution is 5.04. The molecule has 0 saturated carbocycles. The summed E-state index contributed by atoms with van der Waals surface area (Å²) >= 11 is 0. The number of aliphatic hydroxyl groups excluding tert-OH is 3. The van der Waals surface area contributed by atoms with Crippen LogP contribution in [0.4, 0.5) is 0 Å². The Hall–Kier alpha value is -0.860. The number of unbranched alkanes of at least 4 members (excludes halogenated alkanes) is 3. The number of hydrazine groups is 2. The van der Waals surface area contributed by atoms with Gasteiger partial charge in [-0.3, -0.25) is 5.01 Å². The molecule has 7 nitrogen and oxygen atoms in total. The summed E-state index contributed by atoms with van der Waals surface area (Å²) in [6.45, 7) is 1.86. The molecule has 2 aliphatic heterocycles. The van der Waals surface area contributed by atoms with Crippen molar-refractivity contribution in [3.8, 4) is 0 Å². The molecule has 0 aromatic heterocycles. The minimum absolute atomic E-state index is 0.316. The lowest BCUT2D eigenvalue weighted by molar-refractivity contribution is -0.0959. The van der Waals surface area contributed by atoms with E-state index in [9.17, 15) is 10.2 Å². The van der Waals surface area contributed by atoms with E-state index in [2.05, 4.69) is 17.9 Å². The Labute approximate surface area is 119 Å². The first-order valence-corrected chi connectivity index (χ1v) is 7.30. The molecule has 0 aliphatic carbocycles. The first kappa shape index (κ1) is 15.5. The van der Waals surface area contributed by atoms with Gasteiger partial charge in [0.25, 0.3) is 0 Å². The molecule has 20 heavy (non-hydrogen) atoms. The second-order valence-electron chi connectivity index (χ2n) is 5.34. The largest absolute Gasteiger partial charge is 0.394 e. The number of ether oxygens (including phenoxy) is 1. The zero-order valence-electron chi connectivity index (χ0n) is 11.8. The molecule has 0 radical (unpaired) electrons. The molecule has 0 spiro atoms. The lowest BCUT2D eigenvalue weighted by Crippen LogP contribution is -2.48. The van der Waals surface area contributed by atoms with Gasteiger partial charge in [0.15, 0.2) is 6.23 Å². The van der Waals surface area contributed by atoms with Gasteiger partial charge in [-0.05, 0) is 12.8 Å². The molecular weight excluding hydrogens is 262 g/mol. The predicted molar refractivity (Wildman–Crippen MR) is 72.7 cm³/mol. The maximum atomic E-state index is 9.93. The van der Waals surface area contributed by atoms with Gasteiger partial charge < -0.3 is 25.5 Å². The highest BCUT2D eigenvalue weighted by atomic mass is 16.6. The lowest BCUT2D eigenvalue weighted by Gasteiger charge is -2.24. The first-order valence-electron chi connectivity index (χ1n) is 7.30.